The lowest BCUT2D eigenvalue weighted by atomic mass is 10.1. The van der Waals surface area contributed by atoms with E-state index >= 15 is 0 Å². The number of halogens is 1. The molecule has 1 aliphatic heterocycles. The molecule has 2 rings (SSSR count). The quantitative estimate of drug-likeness (QED) is 0.652. The standard InChI is InChI=1S/C15H21ClN4O2/c16-12-5-3-11(4-6-12)8-18-15(22)19-10-14(21)20-13-2-1-7-17-9-13/h3-6,13,17H,1-2,7-10H2,(H,20,21)(H2,18,19,22)/t13-/m0/s1. The molecule has 4 N–H and O–H groups in total. The van der Waals surface area contributed by atoms with Gasteiger partial charge >= 0.3 is 6.03 Å². The van der Waals surface area contributed by atoms with Gasteiger partial charge in [0, 0.05) is 24.2 Å². The number of benzene rings is 1. The number of piperidine rings is 1. The topological polar surface area (TPSA) is 82.3 Å². The maximum atomic E-state index is 11.7. The molecular weight excluding hydrogens is 304 g/mol. The third-order valence-corrected chi connectivity index (χ3v) is 3.69. The fourth-order valence-electron chi connectivity index (χ4n) is 2.26. The molecule has 1 aliphatic rings. The zero-order valence-corrected chi connectivity index (χ0v) is 13.1. The molecule has 0 saturated carbocycles. The highest BCUT2D eigenvalue weighted by Gasteiger charge is 2.15. The van der Waals surface area contributed by atoms with Crippen LogP contribution in [0, 0.1) is 0 Å². The zero-order chi connectivity index (χ0) is 15.8. The molecule has 1 atom stereocenters. The second kappa shape index (κ2) is 8.60. The molecule has 120 valence electrons. The van der Waals surface area contributed by atoms with E-state index in [-0.39, 0.29) is 24.5 Å². The Morgan fingerprint density at radius 2 is 2.00 bits per heavy atom. The van der Waals surface area contributed by atoms with E-state index in [4.69, 9.17) is 11.6 Å². The van der Waals surface area contributed by atoms with Crippen molar-refractivity contribution < 1.29 is 9.59 Å². The van der Waals surface area contributed by atoms with Gasteiger partial charge in [-0.2, -0.15) is 0 Å². The summed E-state index contributed by atoms with van der Waals surface area (Å²) in [5.74, 6) is -0.171. The monoisotopic (exact) mass is 324 g/mol. The van der Waals surface area contributed by atoms with Crippen LogP contribution in [0.5, 0.6) is 0 Å². The van der Waals surface area contributed by atoms with Gasteiger partial charge in [-0.05, 0) is 37.1 Å². The number of hydrogen-bond donors (Lipinski definition) is 4. The van der Waals surface area contributed by atoms with Crippen LogP contribution in [-0.4, -0.2) is 37.6 Å². The molecule has 0 spiro atoms. The summed E-state index contributed by atoms with van der Waals surface area (Å²) in [6.45, 7) is 2.15. The fourth-order valence-corrected chi connectivity index (χ4v) is 2.39. The molecular formula is C15H21ClN4O2. The van der Waals surface area contributed by atoms with E-state index in [9.17, 15) is 9.59 Å². The number of urea groups is 1. The van der Waals surface area contributed by atoms with Gasteiger partial charge in [-0.15, -0.1) is 0 Å². The van der Waals surface area contributed by atoms with Crippen LogP contribution in [0.2, 0.25) is 5.02 Å². The number of hydrogen-bond acceptors (Lipinski definition) is 3. The Morgan fingerprint density at radius 1 is 1.23 bits per heavy atom. The predicted molar refractivity (Wildman–Crippen MR) is 85.7 cm³/mol. The third kappa shape index (κ3) is 5.91. The lowest BCUT2D eigenvalue weighted by molar-refractivity contribution is -0.120. The Hall–Kier alpha value is -1.79. The average molecular weight is 325 g/mol. The van der Waals surface area contributed by atoms with Crippen molar-refractivity contribution in [3.8, 4) is 0 Å². The summed E-state index contributed by atoms with van der Waals surface area (Å²) in [6.07, 6.45) is 2.03. The van der Waals surface area contributed by atoms with Gasteiger partial charge in [0.2, 0.25) is 5.91 Å². The summed E-state index contributed by atoms with van der Waals surface area (Å²) in [6, 6.07) is 6.99. The van der Waals surface area contributed by atoms with Gasteiger partial charge in [0.1, 0.15) is 0 Å². The second-order valence-electron chi connectivity index (χ2n) is 5.27. The van der Waals surface area contributed by atoms with E-state index in [0.29, 0.717) is 11.6 Å². The Balaban J connectivity index is 1.62. The number of rotatable bonds is 5. The number of carbonyl (C=O) groups excluding carboxylic acids is 2. The first kappa shape index (κ1) is 16.6. The molecule has 1 aromatic carbocycles. The number of amides is 3. The van der Waals surface area contributed by atoms with Gasteiger partial charge in [0.25, 0.3) is 0 Å². The molecule has 1 fully saturated rings. The summed E-state index contributed by atoms with van der Waals surface area (Å²) in [7, 11) is 0. The van der Waals surface area contributed by atoms with Gasteiger partial charge in [-0.1, -0.05) is 23.7 Å². The average Bonchev–Trinajstić information content (AvgIpc) is 2.53. The van der Waals surface area contributed by atoms with Crippen molar-refractivity contribution >= 4 is 23.5 Å². The molecule has 0 bridgehead atoms. The molecule has 0 unspecified atom stereocenters. The van der Waals surface area contributed by atoms with E-state index in [1.165, 1.54) is 0 Å². The van der Waals surface area contributed by atoms with Gasteiger partial charge in [0.05, 0.1) is 6.54 Å². The highest BCUT2D eigenvalue weighted by atomic mass is 35.5. The zero-order valence-electron chi connectivity index (χ0n) is 12.3. The van der Waals surface area contributed by atoms with E-state index in [2.05, 4.69) is 21.3 Å². The molecule has 0 aromatic heterocycles. The van der Waals surface area contributed by atoms with Crippen molar-refractivity contribution in [3.63, 3.8) is 0 Å². The molecule has 1 saturated heterocycles. The lowest BCUT2D eigenvalue weighted by Gasteiger charge is -2.23. The minimum absolute atomic E-state index is 0.0249. The fraction of sp³-hybridized carbons (Fsp3) is 0.467. The van der Waals surface area contributed by atoms with Gasteiger partial charge in [-0.3, -0.25) is 4.79 Å². The predicted octanol–water partition coefficient (Wildman–Crippen LogP) is 1.01. The van der Waals surface area contributed by atoms with Crippen molar-refractivity contribution in [1.29, 1.82) is 0 Å². The van der Waals surface area contributed by atoms with Gasteiger partial charge in [0.15, 0.2) is 0 Å². The molecule has 0 radical (unpaired) electrons. The summed E-state index contributed by atoms with van der Waals surface area (Å²) >= 11 is 5.79. The van der Waals surface area contributed by atoms with Crippen LogP contribution in [0.1, 0.15) is 18.4 Å². The molecule has 3 amide bonds. The van der Waals surface area contributed by atoms with Gasteiger partial charge in [-0.25, -0.2) is 4.79 Å². The molecule has 7 heteroatoms. The Morgan fingerprint density at radius 3 is 2.68 bits per heavy atom. The first-order chi connectivity index (χ1) is 10.6. The molecule has 22 heavy (non-hydrogen) atoms. The first-order valence-electron chi connectivity index (χ1n) is 7.40. The number of nitrogens with one attached hydrogen (secondary N) is 4. The number of carbonyl (C=O) groups is 2. The van der Waals surface area contributed by atoms with Crippen LogP contribution >= 0.6 is 11.6 Å². The van der Waals surface area contributed by atoms with E-state index < -0.39 is 0 Å². The minimum Gasteiger partial charge on any atom is -0.351 e. The summed E-state index contributed by atoms with van der Waals surface area (Å²) in [4.78, 5) is 23.4. The van der Waals surface area contributed by atoms with Crippen molar-refractivity contribution in [2.75, 3.05) is 19.6 Å². The summed E-state index contributed by atoms with van der Waals surface area (Å²) < 4.78 is 0. The van der Waals surface area contributed by atoms with Crippen LogP contribution in [0.4, 0.5) is 4.79 Å². The molecule has 1 heterocycles. The van der Waals surface area contributed by atoms with Crippen LogP contribution in [0.15, 0.2) is 24.3 Å². The lowest BCUT2D eigenvalue weighted by Crippen LogP contribution is -2.49. The first-order valence-corrected chi connectivity index (χ1v) is 7.77. The van der Waals surface area contributed by atoms with Gasteiger partial charge < -0.3 is 21.3 Å². The second-order valence-corrected chi connectivity index (χ2v) is 5.71. The maximum Gasteiger partial charge on any atom is 0.315 e. The normalized spacial score (nSPS) is 17.6. The highest BCUT2D eigenvalue weighted by Crippen LogP contribution is 2.08. The van der Waals surface area contributed by atoms with Crippen LogP contribution in [0.3, 0.4) is 0 Å². The van der Waals surface area contributed by atoms with Crippen molar-refractivity contribution in [1.82, 2.24) is 21.3 Å². The SMILES string of the molecule is O=C(CNC(=O)NCc1ccc(Cl)cc1)N[C@H]1CCCNC1. The van der Waals surface area contributed by atoms with Crippen LogP contribution in [-0.2, 0) is 11.3 Å². The highest BCUT2D eigenvalue weighted by molar-refractivity contribution is 6.30. The summed E-state index contributed by atoms with van der Waals surface area (Å²) in [5.41, 5.74) is 0.942. The Bertz CT molecular complexity index is 501. The Kier molecular flexibility index (Phi) is 6.48. The molecule has 1 aromatic rings. The largest absolute Gasteiger partial charge is 0.351 e. The summed E-state index contributed by atoms with van der Waals surface area (Å²) in [5, 5.41) is 12.0. The van der Waals surface area contributed by atoms with E-state index in [1.54, 1.807) is 12.1 Å². The maximum absolute atomic E-state index is 11.7. The minimum atomic E-state index is -0.369. The smallest absolute Gasteiger partial charge is 0.315 e. The Labute approximate surface area is 135 Å². The van der Waals surface area contributed by atoms with Crippen molar-refractivity contribution in [3.05, 3.63) is 34.9 Å². The molecule has 0 aliphatic carbocycles. The van der Waals surface area contributed by atoms with Crippen molar-refractivity contribution in [2.45, 2.75) is 25.4 Å². The third-order valence-electron chi connectivity index (χ3n) is 3.44. The van der Waals surface area contributed by atoms with E-state index in [1.807, 2.05) is 12.1 Å². The van der Waals surface area contributed by atoms with E-state index in [0.717, 1.165) is 31.5 Å². The van der Waals surface area contributed by atoms with Crippen LogP contribution < -0.4 is 21.3 Å². The van der Waals surface area contributed by atoms with Crippen LogP contribution in [0.25, 0.3) is 0 Å². The molecule has 6 nitrogen and oxygen atoms in total. The van der Waals surface area contributed by atoms with Crippen molar-refractivity contribution in [2.24, 2.45) is 0 Å².